The van der Waals surface area contributed by atoms with E-state index in [1.807, 2.05) is 35.2 Å². The number of H-pyrrole nitrogens is 1. The van der Waals surface area contributed by atoms with Crippen LogP contribution < -0.4 is 10.6 Å². The fourth-order valence-corrected chi connectivity index (χ4v) is 4.79. The molecule has 3 N–H and O–H groups in total. The summed E-state index contributed by atoms with van der Waals surface area (Å²) < 4.78 is 0. The van der Waals surface area contributed by atoms with E-state index in [-0.39, 0.29) is 24.2 Å². The van der Waals surface area contributed by atoms with Gasteiger partial charge in [0.1, 0.15) is 11.4 Å². The number of likely N-dealkylation sites (tertiary alicyclic amines) is 1. The van der Waals surface area contributed by atoms with Crippen molar-refractivity contribution in [1.82, 2.24) is 20.4 Å². The maximum Gasteiger partial charge on any atom is 0.257 e. The molecule has 2 heterocycles. The van der Waals surface area contributed by atoms with Crippen LogP contribution >= 0.6 is 0 Å². The fraction of sp³-hybridized carbons (Fsp3) is 0.500. The van der Waals surface area contributed by atoms with E-state index < -0.39 is 5.54 Å². The van der Waals surface area contributed by atoms with Crippen LogP contribution in [0, 0.1) is 17.2 Å². The molecule has 8 nitrogen and oxygen atoms in total. The van der Waals surface area contributed by atoms with Crippen molar-refractivity contribution < 1.29 is 9.59 Å². The standard InChI is InChI=1S/C24H30N6O2/c25-14-11-24(12-15-30(16-13-24)23(32)18-7-3-1-4-8-18)28-22(31)20-17-26-29-21(20)27-19-9-5-2-6-10-19/h2,5-6,9-10,17-18H,1,3-4,7-8,11-13,15-16H2,(H,28,31)(H2,26,27,29). The van der Waals surface area contributed by atoms with E-state index in [0.717, 1.165) is 31.4 Å². The lowest BCUT2D eigenvalue weighted by Crippen LogP contribution is -2.56. The number of para-hydroxylation sites is 1. The number of aromatic nitrogens is 2. The molecule has 8 heteroatoms. The SMILES string of the molecule is N#CCC1(NC(=O)c2cn[nH]c2Nc2ccccc2)CCN(C(=O)C2CCCCC2)CC1. The van der Waals surface area contributed by atoms with Crippen molar-refractivity contribution in [1.29, 1.82) is 5.26 Å². The minimum atomic E-state index is -0.642. The number of piperidine rings is 1. The smallest absolute Gasteiger partial charge is 0.257 e. The van der Waals surface area contributed by atoms with Crippen LogP contribution in [0.4, 0.5) is 11.5 Å². The highest BCUT2D eigenvalue weighted by Gasteiger charge is 2.39. The summed E-state index contributed by atoms with van der Waals surface area (Å²) >= 11 is 0. The lowest BCUT2D eigenvalue weighted by molar-refractivity contribution is -0.138. The molecule has 32 heavy (non-hydrogen) atoms. The highest BCUT2D eigenvalue weighted by molar-refractivity contribution is 5.99. The molecule has 1 aliphatic heterocycles. The van der Waals surface area contributed by atoms with Crippen LogP contribution in [0.15, 0.2) is 36.5 Å². The van der Waals surface area contributed by atoms with Crippen LogP contribution in [-0.4, -0.2) is 45.5 Å². The molecule has 1 aromatic carbocycles. The summed E-state index contributed by atoms with van der Waals surface area (Å²) in [5.41, 5.74) is 0.593. The van der Waals surface area contributed by atoms with E-state index in [1.54, 1.807) is 0 Å². The number of nitrogens with zero attached hydrogens (tertiary/aromatic N) is 3. The zero-order chi connectivity index (χ0) is 22.4. The molecule has 2 amide bonds. The van der Waals surface area contributed by atoms with Gasteiger partial charge in [-0.1, -0.05) is 37.5 Å². The van der Waals surface area contributed by atoms with Gasteiger partial charge in [0.2, 0.25) is 5.91 Å². The number of nitriles is 1. The number of carbonyl (C=O) groups is 2. The second kappa shape index (κ2) is 9.86. The maximum absolute atomic E-state index is 13.1. The number of hydrogen-bond donors (Lipinski definition) is 3. The third-order valence-corrected chi connectivity index (χ3v) is 6.71. The monoisotopic (exact) mass is 434 g/mol. The quantitative estimate of drug-likeness (QED) is 0.641. The van der Waals surface area contributed by atoms with Crippen molar-refractivity contribution >= 4 is 23.3 Å². The molecular formula is C24H30N6O2. The Balaban J connectivity index is 1.41. The van der Waals surface area contributed by atoms with Gasteiger partial charge in [-0.25, -0.2) is 0 Å². The second-order valence-corrected chi connectivity index (χ2v) is 8.88. The zero-order valence-corrected chi connectivity index (χ0v) is 18.3. The highest BCUT2D eigenvalue weighted by Crippen LogP contribution is 2.31. The van der Waals surface area contributed by atoms with Crippen LogP contribution in [0.3, 0.4) is 0 Å². The van der Waals surface area contributed by atoms with Crippen LogP contribution in [0.2, 0.25) is 0 Å². The molecule has 1 saturated heterocycles. The Hall–Kier alpha value is -3.34. The van der Waals surface area contributed by atoms with Crippen LogP contribution in [0.1, 0.15) is 61.7 Å². The van der Waals surface area contributed by atoms with Crippen molar-refractivity contribution in [2.75, 3.05) is 18.4 Å². The molecule has 0 bridgehead atoms. The largest absolute Gasteiger partial charge is 0.345 e. The van der Waals surface area contributed by atoms with Gasteiger partial charge in [0, 0.05) is 24.7 Å². The van der Waals surface area contributed by atoms with Crippen molar-refractivity contribution in [3.05, 3.63) is 42.1 Å². The van der Waals surface area contributed by atoms with Crippen LogP contribution in [0.25, 0.3) is 0 Å². The first-order valence-corrected chi connectivity index (χ1v) is 11.4. The molecular weight excluding hydrogens is 404 g/mol. The third-order valence-electron chi connectivity index (χ3n) is 6.71. The van der Waals surface area contributed by atoms with E-state index >= 15 is 0 Å². The number of anilines is 2. The molecule has 2 aromatic rings. The first-order chi connectivity index (χ1) is 15.6. The van der Waals surface area contributed by atoms with Crippen molar-refractivity contribution in [2.24, 2.45) is 5.92 Å². The van der Waals surface area contributed by atoms with E-state index in [2.05, 4.69) is 26.9 Å². The lowest BCUT2D eigenvalue weighted by Gasteiger charge is -2.42. The molecule has 0 atom stereocenters. The van der Waals surface area contributed by atoms with E-state index in [4.69, 9.17) is 0 Å². The predicted molar refractivity (Wildman–Crippen MR) is 121 cm³/mol. The number of hydrogen-bond acceptors (Lipinski definition) is 5. The molecule has 2 fully saturated rings. The Morgan fingerprint density at radius 2 is 1.88 bits per heavy atom. The van der Waals surface area contributed by atoms with Crippen molar-refractivity contribution in [3.63, 3.8) is 0 Å². The molecule has 0 spiro atoms. The van der Waals surface area contributed by atoms with Gasteiger partial charge in [0.15, 0.2) is 0 Å². The first-order valence-electron chi connectivity index (χ1n) is 11.4. The summed E-state index contributed by atoms with van der Waals surface area (Å²) in [5.74, 6) is 0.607. The molecule has 1 saturated carbocycles. The molecule has 2 aliphatic rings. The fourth-order valence-electron chi connectivity index (χ4n) is 4.79. The predicted octanol–water partition coefficient (Wildman–Crippen LogP) is 3.74. The van der Waals surface area contributed by atoms with Gasteiger partial charge in [-0.15, -0.1) is 0 Å². The Morgan fingerprint density at radius 3 is 2.56 bits per heavy atom. The average Bonchev–Trinajstić information content (AvgIpc) is 3.29. The molecule has 0 unspecified atom stereocenters. The van der Waals surface area contributed by atoms with Crippen molar-refractivity contribution in [2.45, 2.75) is 56.9 Å². The normalized spacial score (nSPS) is 18.5. The number of aromatic amines is 1. The third kappa shape index (κ3) is 4.93. The van der Waals surface area contributed by atoms with Gasteiger partial charge in [0.05, 0.1) is 24.2 Å². The number of rotatable bonds is 6. The second-order valence-electron chi connectivity index (χ2n) is 8.88. The summed E-state index contributed by atoms with van der Waals surface area (Å²) in [6, 6.07) is 11.8. The molecule has 1 aromatic heterocycles. The first kappa shape index (κ1) is 21.9. The molecule has 4 rings (SSSR count). The molecule has 1 aliphatic carbocycles. The molecule has 168 valence electrons. The average molecular weight is 435 g/mol. The summed E-state index contributed by atoms with van der Waals surface area (Å²) in [7, 11) is 0. The highest BCUT2D eigenvalue weighted by atomic mass is 16.2. The summed E-state index contributed by atoms with van der Waals surface area (Å²) in [6.07, 6.45) is 8.28. The van der Waals surface area contributed by atoms with E-state index in [9.17, 15) is 14.9 Å². The number of nitrogens with one attached hydrogen (secondary N) is 3. The minimum absolute atomic E-state index is 0.138. The molecule has 0 radical (unpaired) electrons. The Bertz CT molecular complexity index is 966. The van der Waals surface area contributed by atoms with Gasteiger partial charge in [-0.2, -0.15) is 10.4 Å². The minimum Gasteiger partial charge on any atom is -0.345 e. The van der Waals surface area contributed by atoms with Gasteiger partial charge in [-0.05, 0) is 37.8 Å². The van der Waals surface area contributed by atoms with Crippen LogP contribution in [0.5, 0.6) is 0 Å². The number of carbonyl (C=O) groups excluding carboxylic acids is 2. The summed E-state index contributed by atoms with van der Waals surface area (Å²) in [6.45, 7) is 1.13. The number of amides is 2. The van der Waals surface area contributed by atoms with Crippen molar-refractivity contribution in [3.8, 4) is 6.07 Å². The van der Waals surface area contributed by atoms with Gasteiger partial charge in [0.25, 0.3) is 5.91 Å². The Morgan fingerprint density at radius 1 is 1.16 bits per heavy atom. The topological polar surface area (TPSA) is 114 Å². The maximum atomic E-state index is 13.1. The van der Waals surface area contributed by atoms with E-state index in [0.29, 0.717) is 37.3 Å². The Kier molecular flexibility index (Phi) is 6.74. The van der Waals surface area contributed by atoms with E-state index in [1.165, 1.54) is 12.6 Å². The Labute approximate surface area is 188 Å². The summed E-state index contributed by atoms with van der Waals surface area (Å²) in [5, 5.41) is 22.6. The lowest BCUT2D eigenvalue weighted by atomic mass is 9.83. The van der Waals surface area contributed by atoms with Gasteiger partial charge < -0.3 is 15.5 Å². The van der Waals surface area contributed by atoms with Gasteiger partial charge >= 0.3 is 0 Å². The summed E-state index contributed by atoms with van der Waals surface area (Å²) in [4.78, 5) is 28.0. The number of benzene rings is 1. The zero-order valence-electron chi connectivity index (χ0n) is 18.3. The van der Waals surface area contributed by atoms with Gasteiger partial charge in [-0.3, -0.25) is 14.7 Å². The van der Waals surface area contributed by atoms with Crippen LogP contribution in [-0.2, 0) is 4.79 Å².